The Hall–Kier alpha value is -0.770. The van der Waals surface area contributed by atoms with Gasteiger partial charge in [-0.3, -0.25) is 0 Å². The minimum absolute atomic E-state index is 0.179. The molecule has 2 fully saturated rings. The molecule has 0 radical (unpaired) electrons. The summed E-state index contributed by atoms with van der Waals surface area (Å²) < 4.78 is 5.25. The molecule has 2 saturated heterocycles. The van der Waals surface area contributed by atoms with Crippen LogP contribution in [0.2, 0.25) is 0 Å². The molecule has 0 bridgehead atoms. The van der Waals surface area contributed by atoms with Gasteiger partial charge in [0.15, 0.2) is 0 Å². The highest BCUT2D eigenvalue weighted by molar-refractivity contribution is 5.69. The first-order valence-corrected chi connectivity index (χ1v) is 4.70. The molecule has 2 aliphatic rings. The van der Waals surface area contributed by atoms with E-state index in [0.717, 1.165) is 13.1 Å². The standard InChI is InChI=1S/C9H16N2O2/c1-9(2,3)13-8(12)11-4-6-7(5-11)10-6/h6-7,10H,4-5H2,1-3H3. The number of piperazine rings is 1. The van der Waals surface area contributed by atoms with Crippen molar-refractivity contribution in [1.82, 2.24) is 10.2 Å². The minimum atomic E-state index is -0.378. The van der Waals surface area contributed by atoms with Gasteiger partial charge in [-0.2, -0.15) is 0 Å². The molecular weight excluding hydrogens is 168 g/mol. The van der Waals surface area contributed by atoms with Crippen molar-refractivity contribution in [3.8, 4) is 0 Å². The fourth-order valence-corrected chi connectivity index (χ4v) is 1.60. The molecule has 2 rings (SSSR count). The van der Waals surface area contributed by atoms with Crippen molar-refractivity contribution in [2.24, 2.45) is 0 Å². The van der Waals surface area contributed by atoms with Crippen molar-refractivity contribution < 1.29 is 9.53 Å². The Labute approximate surface area is 78.2 Å². The van der Waals surface area contributed by atoms with E-state index in [-0.39, 0.29) is 11.7 Å². The zero-order valence-corrected chi connectivity index (χ0v) is 8.33. The van der Waals surface area contributed by atoms with Gasteiger partial charge in [-0.1, -0.05) is 0 Å². The van der Waals surface area contributed by atoms with Crippen LogP contribution in [0, 0.1) is 0 Å². The highest BCUT2D eigenvalue weighted by Gasteiger charge is 2.47. The van der Waals surface area contributed by atoms with E-state index in [0.29, 0.717) is 12.1 Å². The van der Waals surface area contributed by atoms with E-state index in [2.05, 4.69) is 5.32 Å². The smallest absolute Gasteiger partial charge is 0.410 e. The van der Waals surface area contributed by atoms with E-state index in [1.165, 1.54) is 0 Å². The van der Waals surface area contributed by atoms with Gasteiger partial charge < -0.3 is 15.0 Å². The quantitative estimate of drug-likeness (QED) is 0.560. The van der Waals surface area contributed by atoms with Crippen molar-refractivity contribution in [2.45, 2.75) is 38.5 Å². The molecule has 4 heteroatoms. The number of rotatable bonds is 0. The summed E-state index contributed by atoms with van der Waals surface area (Å²) in [6.07, 6.45) is -0.179. The topological polar surface area (TPSA) is 51.5 Å². The number of nitrogens with one attached hydrogen (secondary N) is 1. The fourth-order valence-electron chi connectivity index (χ4n) is 1.60. The average Bonchev–Trinajstić information content (AvgIpc) is 2.55. The van der Waals surface area contributed by atoms with E-state index >= 15 is 0 Å². The van der Waals surface area contributed by atoms with Crippen LogP contribution in [0.1, 0.15) is 20.8 Å². The summed E-state index contributed by atoms with van der Waals surface area (Å²) >= 11 is 0. The van der Waals surface area contributed by atoms with Crippen molar-refractivity contribution in [1.29, 1.82) is 0 Å². The van der Waals surface area contributed by atoms with Crippen molar-refractivity contribution >= 4 is 6.09 Å². The van der Waals surface area contributed by atoms with E-state index in [9.17, 15) is 4.79 Å². The maximum absolute atomic E-state index is 11.5. The van der Waals surface area contributed by atoms with Crippen LogP contribution in [-0.4, -0.2) is 41.8 Å². The number of nitrogens with zero attached hydrogens (tertiary/aromatic N) is 1. The number of ether oxygens (including phenoxy) is 1. The number of hydrogen-bond acceptors (Lipinski definition) is 3. The van der Waals surface area contributed by atoms with E-state index in [1.807, 2.05) is 20.8 Å². The maximum Gasteiger partial charge on any atom is 0.410 e. The first-order chi connectivity index (χ1) is 5.96. The summed E-state index contributed by atoms with van der Waals surface area (Å²) in [5.41, 5.74) is -0.378. The first kappa shape index (κ1) is 8.81. The molecule has 0 aliphatic carbocycles. The summed E-state index contributed by atoms with van der Waals surface area (Å²) in [4.78, 5) is 13.3. The van der Waals surface area contributed by atoms with E-state index in [4.69, 9.17) is 4.74 Å². The van der Waals surface area contributed by atoms with Crippen LogP contribution in [0.25, 0.3) is 0 Å². The SMILES string of the molecule is CC(C)(C)OC(=O)N1CC2NC2C1. The summed E-state index contributed by atoms with van der Waals surface area (Å²) in [6.45, 7) is 7.28. The number of hydrogen-bond donors (Lipinski definition) is 1. The Morgan fingerprint density at radius 1 is 1.38 bits per heavy atom. The van der Waals surface area contributed by atoms with Crippen LogP contribution >= 0.6 is 0 Å². The average molecular weight is 184 g/mol. The summed E-state index contributed by atoms with van der Waals surface area (Å²) in [5.74, 6) is 0. The second kappa shape index (κ2) is 2.61. The predicted molar refractivity (Wildman–Crippen MR) is 48.5 cm³/mol. The lowest BCUT2D eigenvalue weighted by molar-refractivity contribution is 0.0279. The molecule has 2 atom stereocenters. The molecule has 0 aromatic carbocycles. The molecule has 4 nitrogen and oxygen atoms in total. The van der Waals surface area contributed by atoms with Gasteiger partial charge in [-0.05, 0) is 20.8 Å². The summed E-state index contributed by atoms with van der Waals surface area (Å²) in [7, 11) is 0. The third-order valence-electron chi connectivity index (χ3n) is 2.29. The molecule has 13 heavy (non-hydrogen) atoms. The third-order valence-corrected chi connectivity index (χ3v) is 2.29. The molecular formula is C9H16N2O2. The Morgan fingerprint density at radius 3 is 2.38 bits per heavy atom. The van der Waals surface area contributed by atoms with Gasteiger partial charge in [-0.25, -0.2) is 4.79 Å². The highest BCUT2D eigenvalue weighted by Crippen LogP contribution is 2.23. The number of fused-ring (bicyclic) bond motifs is 1. The fraction of sp³-hybridized carbons (Fsp3) is 0.889. The molecule has 1 N–H and O–H groups in total. The number of amides is 1. The van der Waals surface area contributed by atoms with Crippen LogP contribution < -0.4 is 5.32 Å². The molecule has 1 amide bonds. The lowest BCUT2D eigenvalue weighted by Crippen LogP contribution is -2.38. The molecule has 0 aromatic rings. The van der Waals surface area contributed by atoms with Gasteiger partial charge in [0.05, 0.1) is 0 Å². The normalized spacial score (nSPS) is 31.5. The molecule has 2 heterocycles. The van der Waals surface area contributed by atoms with Crippen LogP contribution in [0.4, 0.5) is 4.79 Å². The van der Waals surface area contributed by atoms with Gasteiger partial charge >= 0.3 is 6.09 Å². The lowest BCUT2D eigenvalue weighted by atomic mass is 10.2. The second-order valence-corrected chi connectivity index (χ2v) is 4.76. The number of carbonyl (C=O) groups is 1. The highest BCUT2D eigenvalue weighted by atomic mass is 16.6. The Balaban J connectivity index is 1.84. The Morgan fingerprint density at radius 2 is 1.92 bits per heavy atom. The van der Waals surface area contributed by atoms with Gasteiger partial charge in [-0.15, -0.1) is 0 Å². The molecule has 0 saturated carbocycles. The molecule has 74 valence electrons. The Kier molecular flexibility index (Phi) is 1.77. The molecule has 2 aliphatic heterocycles. The van der Waals surface area contributed by atoms with Crippen molar-refractivity contribution in [3.05, 3.63) is 0 Å². The van der Waals surface area contributed by atoms with Crippen LogP contribution in [0.15, 0.2) is 0 Å². The zero-order chi connectivity index (χ0) is 9.64. The largest absolute Gasteiger partial charge is 0.444 e. The third kappa shape index (κ3) is 1.94. The lowest BCUT2D eigenvalue weighted by Gasteiger charge is -2.25. The molecule has 0 spiro atoms. The van der Waals surface area contributed by atoms with Crippen LogP contribution in [0.3, 0.4) is 0 Å². The predicted octanol–water partition coefficient (Wildman–Crippen LogP) is 0.577. The van der Waals surface area contributed by atoms with E-state index in [1.54, 1.807) is 4.90 Å². The van der Waals surface area contributed by atoms with Gasteiger partial charge in [0.2, 0.25) is 0 Å². The number of carbonyl (C=O) groups excluding carboxylic acids is 1. The summed E-state index contributed by atoms with van der Waals surface area (Å²) in [5, 5.41) is 3.27. The molecule has 0 aromatic heterocycles. The van der Waals surface area contributed by atoms with Crippen molar-refractivity contribution in [2.75, 3.05) is 13.1 Å². The van der Waals surface area contributed by atoms with Gasteiger partial charge in [0.25, 0.3) is 0 Å². The molecule has 2 unspecified atom stereocenters. The monoisotopic (exact) mass is 184 g/mol. The first-order valence-electron chi connectivity index (χ1n) is 4.70. The summed E-state index contributed by atoms with van der Waals surface area (Å²) in [6, 6.07) is 1.07. The van der Waals surface area contributed by atoms with Gasteiger partial charge in [0.1, 0.15) is 5.60 Å². The van der Waals surface area contributed by atoms with Crippen LogP contribution in [0.5, 0.6) is 0 Å². The Bertz CT molecular complexity index is 224. The number of likely N-dealkylation sites (tertiary alicyclic amines) is 1. The van der Waals surface area contributed by atoms with Crippen LogP contribution in [-0.2, 0) is 4.74 Å². The minimum Gasteiger partial charge on any atom is -0.444 e. The second-order valence-electron chi connectivity index (χ2n) is 4.76. The van der Waals surface area contributed by atoms with Gasteiger partial charge in [0, 0.05) is 25.2 Å². The maximum atomic E-state index is 11.5. The van der Waals surface area contributed by atoms with Crippen molar-refractivity contribution in [3.63, 3.8) is 0 Å². The zero-order valence-electron chi connectivity index (χ0n) is 8.33. The van der Waals surface area contributed by atoms with E-state index < -0.39 is 0 Å².